The third kappa shape index (κ3) is 4.32. The van der Waals surface area contributed by atoms with Crippen molar-refractivity contribution in [2.24, 2.45) is 7.05 Å². The topological polar surface area (TPSA) is 62.1 Å². The lowest BCUT2D eigenvalue weighted by atomic mass is 10.1. The van der Waals surface area contributed by atoms with E-state index < -0.39 is 5.92 Å². The fourth-order valence-electron chi connectivity index (χ4n) is 3.89. The van der Waals surface area contributed by atoms with Crippen molar-refractivity contribution in [3.63, 3.8) is 0 Å². The SMILES string of the molecule is Cn1cc(N2C=CC=C(Cc3cccc(-c4ncc(N5CCC(F)(F)C5)cn4)c3)N2)cn1. The molecule has 0 unspecified atom stereocenters. The zero-order valence-electron chi connectivity index (χ0n) is 17.6. The smallest absolute Gasteiger partial charge is 0.266 e. The van der Waals surface area contributed by atoms with Gasteiger partial charge in [-0.3, -0.25) is 15.1 Å². The molecule has 0 radical (unpaired) electrons. The van der Waals surface area contributed by atoms with E-state index in [0.717, 1.165) is 22.5 Å². The number of aryl methyl sites for hydroxylation is 1. The third-order valence-corrected chi connectivity index (χ3v) is 5.52. The Morgan fingerprint density at radius 3 is 2.69 bits per heavy atom. The van der Waals surface area contributed by atoms with Crippen LogP contribution in [0.3, 0.4) is 0 Å². The number of nitrogens with zero attached hydrogens (tertiary/aromatic N) is 6. The molecule has 0 amide bonds. The average molecular weight is 435 g/mol. The molecule has 0 bridgehead atoms. The predicted molar refractivity (Wildman–Crippen MR) is 119 cm³/mol. The molecule has 3 aromatic rings. The van der Waals surface area contributed by atoms with Gasteiger partial charge in [0.1, 0.15) is 5.69 Å². The van der Waals surface area contributed by atoms with Gasteiger partial charge in [0.2, 0.25) is 0 Å². The Balaban J connectivity index is 1.28. The lowest BCUT2D eigenvalue weighted by Crippen LogP contribution is -2.34. The molecule has 1 aromatic carbocycles. The first-order valence-electron chi connectivity index (χ1n) is 10.4. The first-order valence-corrected chi connectivity index (χ1v) is 10.4. The van der Waals surface area contributed by atoms with E-state index in [0.29, 0.717) is 24.5 Å². The maximum absolute atomic E-state index is 13.5. The third-order valence-electron chi connectivity index (χ3n) is 5.52. The Labute approximate surface area is 184 Å². The van der Waals surface area contributed by atoms with Gasteiger partial charge in [0.25, 0.3) is 5.92 Å². The molecule has 0 aliphatic carbocycles. The second-order valence-corrected chi connectivity index (χ2v) is 8.06. The molecule has 32 heavy (non-hydrogen) atoms. The number of nitrogens with one attached hydrogen (secondary N) is 1. The zero-order chi connectivity index (χ0) is 22.1. The summed E-state index contributed by atoms with van der Waals surface area (Å²) in [5.41, 5.74) is 8.00. The van der Waals surface area contributed by atoms with E-state index in [2.05, 4.69) is 26.6 Å². The summed E-state index contributed by atoms with van der Waals surface area (Å²) in [4.78, 5) is 10.5. The van der Waals surface area contributed by atoms with Gasteiger partial charge in [-0.25, -0.2) is 18.7 Å². The fraction of sp³-hybridized carbons (Fsp3) is 0.261. The van der Waals surface area contributed by atoms with E-state index >= 15 is 0 Å². The summed E-state index contributed by atoms with van der Waals surface area (Å²) in [5, 5.41) is 6.14. The van der Waals surface area contributed by atoms with Crippen LogP contribution in [0.5, 0.6) is 0 Å². The predicted octanol–water partition coefficient (Wildman–Crippen LogP) is 3.69. The van der Waals surface area contributed by atoms with E-state index in [1.54, 1.807) is 28.2 Å². The lowest BCUT2D eigenvalue weighted by molar-refractivity contribution is 0.0257. The van der Waals surface area contributed by atoms with Crippen molar-refractivity contribution in [2.45, 2.75) is 18.8 Å². The Hall–Kier alpha value is -3.75. The van der Waals surface area contributed by atoms with Gasteiger partial charge < -0.3 is 4.90 Å². The van der Waals surface area contributed by atoms with Gasteiger partial charge in [0.15, 0.2) is 5.82 Å². The summed E-state index contributed by atoms with van der Waals surface area (Å²) in [5.74, 6) is -2.07. The van der Waals surface area contributed by atoms with Crippen LogP contribution < -0.4 is 15.3 Å². The van der Waals surface area contributed by atoms with Crippen LogP contribution in [0.1, 0.15) is 12.0 Å². The summed E-state index contributed by atoms with van der Waals surface area (Å²) in [6.07, 6.45) is 13.5. The summed E-state index contributed by atoms with van der Waals surface area (Å²) in [6, 6.07) is 8.03. The van der Waals surface area contributed by atoms with E-state index in [1.165, 1.54) is 0 Å². The molecule has 4 heterocycles. The van der Waals surface area contributed by atoms with Gasteiger partial charge in [0, 0.05) is 43.9 Å². The van der Waals surface area contributed by atoms with Crippen molar-refractivity contribution in [1.29, 1.82) is 0 Å². The molecule has 5 rings (SSSR count). The Bertz CT molecular complexity index is 1170. The minimum atomic E-state index is -2.64. The van der Waals surface area contributed by atoms with E-state index in [9.17, 15) is 8.78 Å². The minimum absolute atomic E-state index is 0.131. The largest absolute Gasteiger partial charge is 0.363 e. The molecule has 2 aromatic heterocycles. The summed E-state index contributed by atoms with van der Waals surface area (Å²) < 4.78 is 28.7. The molecule has 1 fully saturated rings. The van der Waals surface area contributed by atoms with E-state index in [4.69, 9.17) is 0 Å². The number of anilines is 2. The molecule has 9 heteroatoms. The Kier molecular flexibility index (Phi) is 5.08. The van der Waals surface area contributed by atoms with Crippen LogP contribution in [-0.2, 0) is 13.5 Å². The molecule has 0 saturated carbocycles. The number of hydrogen-bond acceptors (Lipinski definition) is 6. The van der Waals surface area contributed by atoms with Gasteiger partial charge in [-0.1, -0.05) is 18.2 Å². The van der Waals surface area contributed by atoms with Gasteiger partial charge in [-0.15, -0.1) is 0 Å². The van der Waals surface area contributed by atoms with Crippen LogP contribution in [0, 0.1) is 0 Å². The highest BCUT2D eigenvalue weighted by atomic mass is 19.3. The number of hydrogen-bond donors (Lipinski definition) is 1. The standard InChI is InChI=1S/C23H23F2N7/c1-30-15-21(14-28-30)32-8-3-6-19(29-32)11-17-4-2-5-18(10-17)22-26-12-20(13-27-22)31-9-7-23(24,25)16-31/h2-6,8,10,12-15,29H,7,9,11,16H2,1H3. The van der Waals surface area contributed by atoms with Crippen molar-refractivity contribution in [1.82, 2.24) is 25.2 Å². The van der Waals surface area contributed by atoms with Crippen molar-refractivity contribution in [2.75, 3.05) is 23.0 Å². The number of halogens is 2. The van der Waals surface area contributed by atoms with Crippen LogP contribution in [0.15, 0.2) is 73.1 Å². The molecular weight excluding hydrogens is 412 g/mol. The molecule has 1 N–H and O–H groups in total. The molecule has 2 aliphatic rings. The summed E-state index contributed by atoms with van der Waals surface area (Å²) in [6.45, 7) is 0.0373. The maximum Gasteiger partial charge on any atom is 0.266 e. The average Bonchev–Trinajstić information content (AvgIpc) is 3.39. The lowest BCUT2D eigenvalue weighted by Gasteiger charge is -2.25. The Morgan fingerprint density at radius 1 is 1.12 bits per heavy atom. The minimum Gasteiger partial charge on any atom is -0.363 e. The first-order chi connectivity index (χ1) is 15.4. The van der Waals surface area contributed by atoms with Crippen LogP contribution in [0.2, 0.25) is 0 Å². The van der Waals surface area contributed by atoms with Crippen LogP contribution in [0.4, 0.5) is 20.2 Å². The second kappa shape index (κ2) is 8.07. The highest BCUT2D eigenvalue weighted by Crippen LogP contribution is 2.30. The number of rotatable bonds is 5. The normalized spacial score (nSPS) is 17.4. The van der Waals surface area contributed by atoms with Gasteiger partial charge in [-0.05, 0) is 23.8 Å². The van der Waals surface area contributed by atoms with Crippen molar-refractivity contribution in [3.05, 3.63) is 78.7 Å². The van der Waals surface area contributed by atoms with Crippen molar-refractivity contribution < 1.29 is 8.78 Å². The van der Waals surface area contributed by atoms with Crippen LogP contribution in [0.25, 0.3) is 11.4 Å². The molecule has 0 atom stereocenters. The highest BCUT2D eigenvalue weighted by Gasteiger charge is 2.38. The first kappa shape index (κ1) is 20.2. The summed E-state index contributed by atoms with van der Waals surface area (Å²) in [7, 11) is 1.88. The quantitative estimate of drug-likeness (QED) is 0.660. The van der Waals surface area contributed by atoms with Crippen molar-refractivity contribution in [3.8, 4) is 11.4 Å². The molecule has 1 saturated heterocycles. The van der Waals surface area contributed by atoms with Gasteiger partial charge in [0.05, 0.1) is 37.0 Å². The molecular formula is C23H23F2N7. The molecule has 7 nitrogen and oxygen atoms in total. The van der Waals surface area contributed by atoms with E-state index in [-0.39, 0.29) is 13.0 Å². The van der Waals surface area contributed by atoms with Crippen LogP contribution >= 0.6 is 0 Å². The highest BCUT2D eigenvalue weighted by molar-refractivity contribution is 5.58. The fourth-order valence-corrected chi connectivity index (χ4v) is 3.89. The number of allylic oxidation sites excluding steroid dienone is 3. The number of aromatic nitrogens is 4. The van der Waals surface area contributed by atoms with Gasteiger partial charge >= 0.3 is 0 Å². The van der Waals surface area contributed by atoms with Crippen LogP contribution in [-0.4, -0.2) is 38.8 Å². The summed E-state index contributed by atoms with van der Waals surface area (Å²) >= 11 is 0. The second-order valence-electron chi connectivity index (χ2n) is 8.06. The number of benzene rings is 1. The molecule has 2 aliphatic heterocycles. The monoisotopic (exact) mass is 435 g/mol. The zero-order valence-corrected chi connectivity index (χ0v) is 17.6. The van der Waals surface area contributed by atoms with Gasteiger partial charge in [-0.2, -0.15) is 5.10 Å². The molecule has 164 valence electrons. The maximum atomic E-state index is 13.5. The van der Waals surface area contributed by atoms with Crippen molar-refractivity contribution >= 4 is 11.4 Å². The Morgan fingerprint density at radius 2 is 1.97 bits per heavy atom. The molecule has 0 spiro atoms. The number of hydrazine groups is 1. The van der Waals surface area contributed by atoms with E-state index in [1.807, 2.05) is 54.8 Å². The number of alkyl halides is 2.